The van der Waals surface area contributed by atoms with Crippen molar-refractivity contribution in [3.63, 3.8) is 0 Å². The van der Waals surface area contributed by atoms with Gasteiger partial charge in [-0.2, -0.15) is 0 Å². The van der Waals surface area contributed by atoms with Crippen LogP contribution in [0.5, 0.6) is 0 Å². The maximum absolute atomic E-state index is 6.02. The number of allylic oxidation sites excluding steroid dienone is 1. The van der Waals surface area contributed by atoms with E-state index in [1.807, 2.05) is 11.8 Å². The Kier molecular flexibility index (Phi) is 2.95. The van der Waals surface area contributed by atoms with Crippen LogP contribution in [-0.4, -0.2) is 24.1 Å². The summed E-state index contributed by atoms with van der Waals surface area (Å²) in [7, 11) is -0.0628. The maximum Gasteiger partial charge on any atom is 0.465 e. The van der Waals surface area contributed by atoms with Crippen molar-refractivity contribution in [2.24, 2.45) is 0 Å². The molecule has 4 heteroatoms. The van der Waals surface area contributed by atoms with Gasteiger partial charge in [0.15, 0.2) is 0 Å². The molecule has 0 N–H and O–H groups in total. The van der Waals surface area contributed by atoms with Crippen LogP contribution < -0.4 is 0 Å². The van der Waals surface area contributed by atoms with Crippen LogP contribution in [0.4, 0.5) is 0 Å². The van der Waals surface area contributed by atoms with Crippen LogP contribution in [0.15, 0.2) is 11.5 Å². The minimum absolute atomic E-state index is 0.0628. The Morgan fingerprint density at radius 1 is 1.20 bits per heavy atom. The molecule has 0 spiro atoms. The average Bonchev–Trinajstić information content (AvgIpc) is 2.38. The fraction of sp³-hybridized carbons (Fsp3) is 0.818. The van der Waals surface area contributed by atoms with E-state index in [9.17, 15) is 0 Å². The summed E-state index contributed by atoms with van der Waals surface area (Å²) in [5.41, 5.74) is -0.397. The minimum atomic E-state index is -0.198. The largest absolute Gasteiger partial charge is 0.465 e. The second-order valence-electron chi connectivity index (χ2n) is 5.28. The second kappa shape index (κ2) is 3.83. The van der Waals surface area contributed by atoms with Crippen molar-refractivity contribution in [2.45, 2.75) is 51.1 Å². The third-order valence-electron chi connectivity index (χ3n) is 3.61. The van der Waals surface area contributed by atoms with Gasteiger partial charge in [-0.1, -0.05) is 6.08 Å². The van der Waals surface area contributed by atoms with E-state index in [2.05, 4.69) is 39.2 Å². The number of hydrogen-bond acceptors (Lipinski definition) is 3. The molecule has 2 aliphatic rings. The van der Waals surface area contributed by atoms with Crippen molar-refractivity contribution in [1.29, 1.82) is 0 Å². The molecular formula is C11H19BO2S. The van der Waals surface area contributed by atoms with Crippen LogP contribution in [-0.2, 0) is 9.31 Å². The normalized spacial score (nSPS) is 33.3. The smallest absolute Gasteiger partial charge is 0.403 e. The van der Waals surface area contributed by atoms with Gasteiger partial charge in [0.05, 0.1) is 11.2 Å². The molecule has 0 aromatic carbocycles. The first-order chi connectivity index (χ1) is 6.92. The van der Waals surface area contributed by atoms with Gasteiger partial charge in [0, 0.05) is 5.82 Å². The maximum atomic E-state index is 6.02. The third kappa shape index (κ3) is 2.13. The molecule has 15 heavy (non-hydrogen) atoms. The van der Waals surface area contributed by atoms with Gasteiger partial charge < -0.3 is 9.31 Å². The lowest BCUT2D eigenvalue weighted by atomic mass is 9.70. The predicted molar refractivity (Wildman–Crippen MR) is 66.0 cm³/mol. The lowest BCUT2D eigenvalue weighted by Gasteiger charge is -2.32. The molecule has 1 unspecified atom stereocenters. The highest BCUT2D eigenvalue weighted by atomic mass is 32.2. The Morgan fingerprint density at radius 2 is 1.80 bits per heavy atom. The zero-order valence-corrected chi connectivity index (χ0v) is 10.8. The van der Waals surface area contributed by atoms with Crippen LogP contribution in [0, 0.1) is 0 Å². The minimum Gasteiger partial charge on any atom is -0.403 e. The Hall–Kier alpha value is 0.0749. The molecule has 2 rings (SSSR count). The van der Waals surface area contributed by atoms with E-state index in [1.165, 1.54) is 5.75 Å². The van der Waals surface area contributed by atoms with Gasteiger partial charge in [-0.25, -0.2) is 0 Å². The first-order valence-electron chi connectivity index (χ1n) is 5.56. The number of rotatable bonds is 1. The fourth-order valence-corrected chi connectivity index (χ4v) is 2.67. The summed E-state index contributed by atoms with van der Waals surface area (Å²) < 4.78 is 12.0. The van der Waals surface area contributed by atoms with E-state index in [0.29, 0.717) is 5.82 Å². The average molecular weight is 226 g/mol. The summed E-state index contributed by atoms with van der Waals surface area (Å²) in [6.45, 7) is 8.42. The van der Waals surface area contributed by atoms with Gasteiger partial charge in [0.2, 0.25) is 0 Å². The monoisotopic (exact) mass is 226 g/mol. The zero-order chi connectivity index (χ0) is 11.1. The van der Waals surface area contributed by atoms with E-state index in [1.54, 1.807) is 0 Å². The van der Waals surface area contributed by atoms with E-state index in [0.717, 1.165) is 6.42 Å². The molecule has 1 atom stereocenters. The molecule has 2 heterocycles. The molecule has 0 aromatic rings. The molecule has 84 valence electrons. The van der Waals surface area contributed by atoms with Crippen molar-refractivity contribution < 1.29 is 9.31 Å². The van der Waals surface area contributed by atoms with Crippen molar-refractivity contribution in [1.82, 2.24) is 0 Å². The summed E-state index contributed by atoms with van der Waals surface area (Å²) in [5, 5.41) is 2.17. The van der Waals surface area contributed by atoms with E-state index in [4.69, 9.17) is 9.31 Å². The lowest BCUT2D eigenvalue weighted by Crippen LogP contribution is -2.41. The molecule has 0 aliphatic carbocycles. The zero-order valence-electron chi connectivity index (χ0n) is 9.95. The molecule has 1 saturated heterocycles. The Balaban J connectivity index is 2.08. The van der Waals surface area contributed by atoms with Gasteiger partial charge in [0.25, 0.3) is 0 Å². The molecule has 2 nitrogen and oxygen atoms in total. The van der Waals surface area contributed by atoms with Crippen LogP contribution in [0.25, 0.3) is 0 Å². The Labute approximate surface area is 96.9 Å². The van der Waals surface area contributed by atoms with Gasteiger partial charge in [-0.05, 0) is 45.3 Å². The summed E-state index contributed by atoms with van der Waals surface area (Å²) in [6, 6.07) is 0. The third-order valence-corrected chi connectivity index (χ3v) is 4.43. The molecular weight excluding hydrogens is 207 g/mol. The number of hydrogen-bond donors (Lipinski definition) is 0. The quantitative estimate of drug-likeness (QED) is 0.640. The van der Waals surface area contributed by atoms with Crippen LogP contribution in [0.1, 0.15) is 34.1 Å². The second-order valence-corrected chi connectivity index (χ2v) is 6.29. The van der Waals surface area contributed by atoms with Crippen molar-refractivity contribution in [3.8, 4) is 0 Å². The first kappa shape index (κ1) is 11.6. The van der Waals surface area contributed by atoms with Crippen molar-refractivity contribution in [3.05, 3.63) is 11.5 Å². The topological polar surface area (TPSA) is 18.5 Å². The van der Waals surface area contributed by atoms with Gasteiger partial charge in [0.1, 0.15) is 0 Å². The van der Waals surface area contributed by atoms with Gasteiger partial charge >= 0.3 is 7.12 Å². The summed E-state index contributed by atoms with van der Waals surface area (Å²) in [5.74, 6) is 1.60. The Bertz CT molecular complexity index is 260. The first-order valence-corrected chi connectivity index (χ1v) is 6.61. The molecule has 0 radical (unpaired) electrons. The van der Waals surface area contributed by atoms with Crippen LogP contribution >= 0.6 is 11.8 Å². The van der Waals surface area contributed by atoms with Crippen molar-refractivity contribution >= 4 is 18.9 Å². The molecule has 0 bridgehead atoms. The lowest BCUT2D eigenvalue weighted by molar-refractivity contribution is 0.00578. The highest BCUT2D eigenvalue weighted by Crippen LogP contribution is 2.42. The van der Waals surface area contributed by atoms with E-state index >= 15 is 0 Å². The fourth-order valence-electron chi connectivity index (χ4n) is 1.82. The molecule has 0 amide bonds. The summed E-state index contributed by atoms with van der Waals surface area (Å²) in [6.07, 6.45) is 3.37. The van der Waals surface area contributed by atoms with Crippen molar-refractivity contribution in [2.75, 3.05) is 5.75 Å². The molecule has 0 aromatic heterocycles. The number of thioether (sulfide) groups is 1. The SMILES string of the molecule is CC1(C)OB(C2C=CSCC2)OC1(C)C. The molecule has 2 aliphatic heterocycles. The highest BCUT2D eigenvalue weighted by Gasteiger charge is 2.53. The summed E-state index contributed by atoms with van der Waals surface area (Å²) in [4.78, 5) is 0. The van der Waals surface area contributed by atoms with Gasteiger partial charge in [-0.15, -0.1) is 11.8 Å². The predicted octanol–water partition coefficient (Wildman–Crippen LogP) is 3.10. The van der Waals surface area contributed by atoms with E-state index in [-0.39, 0.29) is 18.3 Å². The van der Waals surface area contributed by atoms with E-state index < -0.39 is 0 Å². The molecule has 1 fully saturated rings. The molecule has 0 saturated carbocycles. The van der Waals surface area contributed by atoms with Crippen LogP contribution in [0.3, 0.4) is 0 Å². The highest BCUT2D eigenvalue weighted by molar-refractivity contribution is 8.02. The Morgan fingerprint density at radius 3 is 2.27 bits per heavy atom. The standard InChI is InChI=1S/C11H19BO2S/c1-10(2)11(3,4)14-12(13-10)9-5-7-15-8-6-9/h5,7,9H,6,8H2,1-4H3. The summed E-state index contributed by atoms with van der Waals surface area (Å²) >= 11 is 1.87. The van der Waals surface area contributed by atoms with Crippen LogP contribution in [0.2, 0.25) is 5.82 Å². The van der Waals surface area contributed by atoms with Gasteiger partial charge in [-0.3, -0.25) is 0 Å².